The molecule has 16 nitrogen and oxygen atoms in total. The number of carbonyl (C=O) groups is 10. The van der Waals surface area contributed by atoms with Gasteiger partial charge in [-0.25, -0.2) is 0 Å². The molecule has 0 spiro atoms. The van der Waals surface area contributed by atoms with Crippen molar-refractivity contribution in [1.29, 1.82) is 0 Å². The Morgan fingerprint density at radius 3 is 0.969 bits per heavy atom. The van der Waals surface area contributed by atoms with Crippen molar-refractivity contribution in [3.63, 3.8) is 0 Å². The van der Waals surface area contributed by atoms with Crippen LogP contribution in [0.3, 0.4) is 0 Å². The van der Waals surface area contributed by atoms with E-state index in [2.05, 4.69) is 32.9 Å². The van der Waals surface area contributed by atoms with E-state index in [0.717, 1.165) is 197 Å². The number of alkyl halides is 2. The lowest BCUT2D eigenvalue weighted by Gasteiger charge is -2.37. The summed E-state index contributed by atoms with van der Waals surface area (Å²) in [7, 11) is 0. The molecule has 0 aromatic heterocycles. The lowest BCUT2D eigenvalue weighted by Crippen LogP contribution is -2.47. The summed E-state index contributed by atoms with van der Waals surface area (Å²) in [5, 5.41) is 50.2. The van der Waals surface area contributed by atoms with Gasteiger partial charge in [-0.1, -0.05) is 221 Å². The zero-order valence-corrected chi connectivity index (χ0v) is 61.8. The van der Waals surface area contributed by atoms with Crippen LogP contribution in [-0.4, -0.2) is 100 Å². The number of carbonyl (C=O) groups excluding carboxylic acids is 4. The molecule has 6 N–H and O–H groups in total. The molecule has 6 rings (SSSR count). The Kier molecular flexibility index (Phi) is 51.1. The Morgan fingerprint density at radius 2 is 0.688 bits per heavy atom. The zero-order chi connectivity index (χ0) is 71.8. The van der Waals surface area contributed by atoms with Crippen LogP contribution in [0.15, 0.2) is 12.2 Å². The van der Waals surface area contributed by atoms with Crippen molar-refractivity contribution in [2.24, 2.45) is 71.0 Å². The SMILES string of the molecule is CC1C(=O)C(Cl)C1CCCCCCCC(=O)O.CC1C(=O)CC1CCCCCCCC(=O)O.CC1C(Cl)C(=O)C1CCCCCCCC(=O)O.CC1C=CC1CCCCCCCC(=O)O.CC1CC(=O)C1CCCCCCCC(=O)O.CC1CCC1CCCCCCCC(=O)O. The van der Waals surface area contributed by atoms with Gasteiger partial charge in [0, 0.05) is 75.0 Å². The van der Waals surface area contributed by atoms with Crippen molar-refractivity contribution in [2.45, 2.75) is 348 Å². The summed E-state index contributed by atoms with van der Waals surface area (Å²) < 4.78 is 0. The zero-order valence-electron chi connectivity index (χ0n) is 60.3. The lowest BCUT2D eigenvalue weighted by atomic mass is 9.70. The van der Waals surface area contributed by atoms with Gasteiger partial charge in [0.25, 0.3) is 0 Å². The summed E-state index contributed by atoms with van der Waals surface area (Å²) in [5.74, 6) is 3.59. The molecule has 18 heteroatoms. The molecule has 0 aromatic rings. The molecule has 96 heavy (non-hydrogen) atoms. The second-order valence-corrected chi connectivity index (χ2v) is 30.4. The third kappa shape index (κ3) is 42.0. The van der Waals surface area contributed by atoms with Gasteiger partial charge in [-0.3, -0.25) is 47.9 Å². The molecule has 5 saturated carbocycles. The van der Waals surface area contributed by atoms with E-state index < -0.39 is 35.8 Å². The normalized spacial score (nSPS) is 25.5. The van der Waals surface area contributed by atoms with Crippen LogP contribution >= 0.6 is 23.2 Å². The van der Waals surface area contributed by atoms with E-state index in [4.69, 9.17) is 53.8 Å². The number of ketones is 4. The van der Waals surface area contributed by atoms with E-state index in [-0.39, 0.29) is 53.4 Å². The van der Waals surface area contributed by atoms with Crippen LogP contribution in [0.25, 0.3) is 0 Å². The molecule has 0 aromatic carbocycles. The first-order chi connectivity index (χ1) is 45.7. The number of unbranched alkanes of at least 4 members (excludes halogenated alkanes) is 24. The monoisotopic (exact) mass is 1390 g/mol. The number of allylic oxidation sites excluding steroid dienone is 2. The molecule has 0 saturated heterocycles. The van der Waals surface area contributed by atoms with Crippen molar-refractivity contribution < 1.29 is 78.6 Å². The van der Waals surface area contributed by atoms with Gasteiger partial charge in [0.1, 0.15) is 11.6 Å². The number of hydrogen-bond donors (Lipinski definition) is 6. The maximum absolute atomic E-state index is 11.4. The Labute approximate surface area is 588 Å². The van der Waals surface area contributed by atoms with Gasteiger partial charge >= 0.3 is 35.8 Å². The average molecular weight is 1400 g/mol. The van der Waals surface area contributed by atoms with Crippen LogP contribution in [-0.2, 0) is 47.9 Å². The Morgan fingerprint density at radius 1 is 0.344 bits per heavy atom. The van der Waals surface area contributed by atoms with Gasteiger partial charge in [0.15, 0.2) is 11.6 Å². The molecule has 6 aliphatic carbocycles. The number of carboxylic acid groups (broad SMARTS) is 6. The van der Waals surface area contributed by atoms with E-state index in [0.29, 0.717) is 66.3 Å². The van der Waals surface area contributed by atoms with Crippen LogP contribution in [0.2, 0.25) is 0 Å². The molecule has 0 heterocycles. The predicted octanol–water partition coefficient (Wildman–Crippen LogP) is 20.0. The Hall–Kier alpha value is -4.18. The van der Waals surface area contributed by atoms with Gasteiger partial charge in [0.2, 0.25) is 0 Å². The van der Waals surface area contributed by atoms with Crippen LogP contribution in [0, 0.1) is 71.0 Å². The molecule has 0 aliphatic heterocycles. The predicted molar refractivity (Wildman–Crippen MR) is 383 cm³/mol. The molecule has 5 fully saturated rings. The van der Waals surface area contributed by atoms with Crippen molar-refractivity contribution in [3.8, 4) is 0 Å². The largest absolute Gasteiger partial charge is 0.481 e. The lowest BCUT2D eigenvalue weighted by molar-refractivity contribution is -0.138. The van der Waals surface area contributed by atoms with Gasteiger partial charge in [-0.2, -0.15) is 0 Å². The van der Waals surface area contributed by atoms with Crippen molar-refractivity contribution in [2.75, 3.05) is 0 Å². The standard InChI is InChI=1S/2C13H21ClO3.2C13H22O3.C13H24O2.C13H22O2/c1-9-10(12(14)13(9)17)7-5-3-2-4-6-8-11(15)16;1-9-10(13(17)12(9)14)7-5-3-2-4-6-8-11(15)16;1-10-11(9-12(10)14)7-5-3-2-4-6-8-13(15)16;1-10-9-12(14)11(10)7-5-3-2-4-6-8-13(15)16;2*1-11-9-10-12(11)7-5-3-2-4-6-8-13(14)15/h2*9-10,12H,2-8H2,1H3,(H,15,16);2*10-11H,2-9H2,1H3,(H,15,16);11-12H,2-10H2,1H3,(H,14,15);9-12H,2-8H2,1H3,(H,14,15). The highest BCUT2D eigenvalue weighted by Gasteiger charge is 2.46. The van der Waals surface area contributed by atoms with Crippen LogP contribution < -0.4 is 0 Å². The third-order valence-corrected chi connectivity index (χ3v) is 22.7. The van der Waals surface area contributed by atoms with E-state index in [1.807, 2.05) is 20.8 Å². The van der Waals surface area contributed by atoms with Gasteiger partial charge in [0.05, 0.1) is 10.8 Å². The molecule has 0 bridgehead atoms. The minimum absolute atomic E-state index is 0.143. The molecule has 0 amide bonds. The topological polar surface area (TPSA) is 292 Å². The fraction of sp³-hybridized carbons (Fsp3) is 0.846. The van der Waals surface area contributed by atoms with E-state index in [1.165, 1.54) is 83.5 Å². The van der Waals surface area contributed by atoms with Gasteiger partial charge < -0.3 is 30.6 Å². The number of halogens is 2. The quantitative estimate of drug-likeness (QED) is 0.0187. The number of aliphatic carboxylic acids is 6. The second-order valence-electron chi connectivity index (χ2n) is 29.4. The highest BCUT2D eigenvalue weighted by atomic mass is 35.5. The summed E-state index contributed by atoms with van der Waals surface area (Å²) in [5.41, 5.74) is 0. The fourth-order valence-corrected chi connectivity index (χ4v) is 14.7. The Bertz CT molecular complexity index is 2240. The summed E-state index contributed by atoms with van der Waals surface area (Å²) in [6.45, 7) is 12.8. The molecule has 0 radical (unpaired) electrons. The first-order valence-electron chi connectivity index (χ1n) is 38.1. The van der Waals surface area contributed by atoms with Gasteiger partial charge in [-0.15, -0.1) is 23.2 Å². The summed E-state index contributed by atoms with van der Waals surface area (Å²) in [4.78, 5) is 106. The minimum Gasteiger partial charge on any atom is -0.481 e. The number of hydrogen-bond acceptors (Lipinski definition) is 10. The van der Waals surface area contributed by atoms with Crippen molar-refractivity contribution in [1.82, 2.24) is 0 Å². The molecule has 14 unspecified atom stereocenters. The highest BCUT2D eigenvalue weighted by molar-refractivity contribution is 6.34. The van der Waals surface area contributed by atoms with E-state index >= 15 is 0 Å². The molecular formula is C78H132Cl2O16. The van der Waals surface area contributed by atoms with Crippen LogP contribution in [0.1, 0.15) is 337 Å². The smallest absolute Gasteiger partial charge is 0.303 e. The van der Waals surface area contributed by atoms with E-state index in [9.17, 15) is 47.9 Å². The average Bonchev–Trinajstić information content (AvgIpc) is 0.808. The van der Waals surface area contributed by atoms with Gasteiger partial charge in [-0.05, 0) is 124 Å². The maximum Gasteiger partial charge on any atom is 0.303 e. The highest BCUT2D eigenvalue weighted by Crippen LogP contribution is 2.41. The molecule has 14 atom stereocenters. The molecule has 554 valence electrons. The second kappa shape index (κ2) is 54.6. The summed E-state index contributed by atoms with van der Waals surface area (Å²) in [6.07, 6.45) is 49.7. The number of Topliss-reactive ketones (excluding diaryl/α,β-unsaturated/α-hetero) is 4. The number of carboxylic acids is 6. The summed E-state index contributed by atoms with van der Waals surface area (Å²) in [6, 6.07) is 0. The van der Waals surface area contributed by atoms with Crippen molar-refractivity contribution in [3.05, 3.63) is 12.2 Å². The van der Waals surface area contributed by atoms with Crippen molar-refractivity contribution >= 4 is 82.2 Å². The first-order valence-corrected chi connectivity index (χ1v) is 39.0. The molecule has 6 aliphatic rings. The molecular weight excluding hydrogens is 1260 g/mol. The van der Waals surface area contributed by atoms with Crippen LogP contribution in [0.4, 0.5) is 0 Å². The maximum atomic E-state index is 11.4. The Balaban J connectivity index is 0.000000576. The van der Waals surface area contributed by atoms with Crippen LogP contribution in [0.5, 0.6) is 0 Å². The fourth-order valence-electron chi connectivity index (χ4n) is 13.9. The first kappa shape index (κ1) is 89.8. The summed E-state index contributed by atoms with van der Waals surface area (Å²) >= 11 is 11.8. The third-order valence-electron chi connectivity index (χ3n) is 21.5. The number of rotatable bonds is 48. The van der Waals surface area contributed by atoms with E-state index in [1.54, 1.807) is 0 Å². The minimum atomic E-state index is -0.716.